The van der Waals surface area contributed by atoms with Crippen molar-refractivity contribution in [2.24, 2.45) is 0 Å². The predicted molar refractivity (Wildman–Crippen MR) is 63.1 cm³/mol. The molecule has 0 bridgehead atoms. The first-order valence-corrected chi connectivity index (χ1v) is 5.15. The molecule has 3 nitrogen and oxygen atoms in total. The number of hydrogen-bond donors (Lipinski definition) is 2. The van der Waals surface area contributed by atoms with Crippen LogP contribution in [0.15, 0.2) is 34.9 Å². The van der Waals surface area contributed by atoms with Gasteiger partial charge in [0.1, 0.15) is 17.5 Å². The topological polar surface area (TPSA) is 65.6 Å². The second-order valence-corrected chi connectivity index (χ2v) is 3.94. The number of nitrogens with two attached hydrogens (primary N) is 1. The first-order valence-electron chi connectivity index (χ1n) is 4.36. The maximum atomic E-state index is 8.98. The zero-order valence-electron chi connectivity index (χ0n) is 7.79. The van der Waals surface area contributed by atoms with Crippen LogP contribution in [0.4, 0.5) is 5.82 Å². The standard InChI is InChI=1S/C11H8BrN3/c12-10-4-2-1-3-7(10)9-6-15-11(14)8(9)5-13/h1-4,6,15H,14H2. The molecule has 0 fully saturated rings. The lowest BCUT2D eigenvalue weighted by Crippen LogP contribution is -1.88. The van der Waals surface area contributed by atoms with Crippen molar-refractivity contribution in [3.05, 3.63) is 40.5 Å². The summed E-state index contributed by atoms with van der Waals surface area (Å²) in [6.45, 7) is 0. The van der Waals surface area contributed by atoms with Crippen LogP contribution in [0.5, 0.6) is 0 Å². The van der Waals surface area contributed by atoms with E-state index < -0.39 is 0 Å². The normalized spacial score (nSPS) is 9.87. The number of benzene rings is 1. The van der Waals surface area contributed by atoms with Crippen LogP contribution in [0.1, 0.15) is 5.56 Å². The monoisotopic (exact) mass is 261 g/mol. The average molecular weight is 262 g/mol. The van der Waals surface area contributed by atoms with E-state index in [0.29, 0.717) is 11.4 Å². The fraction of sp³-hybridized carbons (Fsp3) is 0. The summed E-state index contributed by atoms with van der Waals surface area (Å²) in [5.74, 6) is 0.406. The lowest BCUT2D eigenvalue weighted by molar-refractivity contribution is 1.40. The number of aromatic nitrogens is 1. The Labute approximate surface area is 95.7 Å². The van der Waals surface area contributed by atoms with Crippen molar-refractivity contribution in [3.63, 3.8) is 0 Å². The fourth-order valence-electron chi connectivity index (χ4n) is 1.45. The molecule has 0 unspecified atom stereocenters. The molecular formula is C11H8BrN3. The summed E-state index contributed by atoms with van der Waals surface area (Å²) in [6.07, 6.45) is 1.74. The molecule has 1 aromatic carbocycles. The van der Waals surface area contributed by atoms with Gasteiger partial charge in [0.2, 0.25) is 0 Å². The van der Waals surface area contributed by atoms with Gasteiger partial charge >= 0.3 is 0 Å². The van der Waals surface area contributed by atoms with Crippen molar-refractivity contribution in [3.8, 4) is 17.2 Å². The molecule has 74 valence electrons. The number of H-pyrrole nitrogens is 1. The molecule has 2 rings (SSSR count). The predicted octanol–water partition coefficient (Wildman–Crippen LogP) is 2.90. The first kappa shape index (κ1) is 9.81. The minimum atomic E-state index is 0.406. The number of halogens is 1. The maximum absolute atomic E-state index is 8.98. The van der Waals surface area contributed by atoms with Crippen LogP contribution in [0, 0.1) is 11.3 Å². The summed E-state index contributed by atoms with van der Waals surface area (Å²) >= 11 is 3.44. The molecule has 4 heteroatoms. The molecule has 0 spiro atoms. The van der Waals surface area contributed by atoms with Gasteiger partial charge in [-0.2, -0.15) is 5.26 Å². The first-order chi connectivity index (χ1) is 7.24. The third kappa shape index (κ3) is 1.62. The molecule has 0 radical (unpaired) electrons. The van der Waals surface area contributed by atoms with Crippen LogP contribution in [0.3, 0.4) is 0 Å². The van der Waals surface area contributed by atoms with E-state index in [4.69, 9.17) is 11.0 Å². The van der Waals surface area contributed by atoms with E-state index in [1.165, 1.54) is 0 Å². The number of anilines is 1. The molecule has 0 aliphatic carbocycles. The van der Waals surface area contributed by atoms with Crippen molar-refractivity contribution in [2.45, 2.75) is 0 Å². The highest BCUT2D eigenvalue weighted by molar-refractivity contribution is 9.10. The molecule has 0 atom stereocenters. The lowest BCUT2D eigenvalue weighted by Gasteiger charge is -2.01. The SMILES string of the molecule is N#Cc1c(-c2ccccc2Br)c[nH]c1N. The van der Waals surface area contributed by atoms with Gasteiger partial charge in [0.25, 0.3) is 0 Å². The van der Waals surface area contributed by atoms with E-state index in [9.17, 15) is 0 Å². The highest BCUT2D eigenvalue weighted by Gasteiger charge is 2.11. The summed E-state index contributed by atoms with van der Waals surface area (Å²) in [5.41, 5.74) is 7.92. The number of nitriles is 1. The summed E-state index contributed by atoms with van der Waals surface area (Å²) in [5, 5.41) is 8.98. The Morgan fingerprint density at radius 1 is 1.27 bits per heavy atom. The van der Waals surface area contributed by atoms with Gasteiger partial charge in [-0.15, -0.1) is 0 Å². The Kier molecular flexibility index (Phi) is 2.48. The van der Waals surface area contributed by atoms with Crippen molar-refractivity contribution in [1.82, 2.24) is 4.98 Å². The summed E-state index contributed by atoms with van der Waals surface area (Å²) in [4.78, 5) is 2.85. The molecule has 3 N–H and O–H groups in total. The quantitative estimate of drug-likeness (QED) is 0.829. The Balaban J connectivity index is 2.66. The minimum absolute atomic E-state index is 0.406. The Hall–Kier alpha value is -1.73. The van der Waals surface area contributed by atoms with Crippen LogP contribution in [0.25, 0.3) is 11.1 Å². The van der Waals surface area contributed by atoms with E-state index >= 15 is 0 Å². The molecule has 15 heavy (non-hydrogen) atoms. The highest BCUT2D eigenvalue weighted by Crippen LogP contribution is 2.32. The Morgan fingerprint density at radius 3 is 2.67 bits per heavy atom. The van der Waals surface area contributed by atoms with Crippen molar-refractivity contribution in [1.29, 1.82) is 5.26 Å². The number of nitrogens with zero attached hydrogens (tertiary/aromatic N) is 1. The third-order valence-corrected chi connectivity index (χ3v) is 2.88. The van der Waals surface area contributed by atoms with Crippen molar-refractivity contribution < 1.29 is 0 Å². The van der Waals surface area contributed by atoms with Gasteiger partial charge in [-0.3, -0.25) is 0 Å². The number of aromatic amines is 1. The molecule has 0 saturated heterocycles. The van der Waals surface area contributed by atoms with E-state index in [-0.39, 0.29) is 0 Å². The summed E-state index contributed by atoms with van der Waals surface area (Å²) in [7, 11) is 0. The number of nitrogen functional groups attached to an aromatic ring is 1. The molecule has 0 aliphatic rings. The third-order valence-electron chi connectivity index (χ3n) is 2.19. The van der Waals surface area contributed by atoms with Gasteiger partial charge in [-0.1, -0.05) is 34.1 Å². The molecule has 0 amide bonds. The summed E-state index contributed by atoms with van der Waals surface area (Å²) < 4.78 is 0.945. The van der Waals surface area contributed by atoms with E-state index in [1.807, 2.05) is 24.3 Å². The van der Waals surface area contributed by atoms with Crippen LogP contribution < -0.4 is 5.73 Å². The maximum Gasteiger partial charge on any atom is 0.119 e. The average Bonchev–Trinajstić information content (AvgIpc) is 2.60. The zero-order valence-corrected chi connectivity index (χ0v) is 9.38. The lowest BCUT2D eigenvalue weighted by atomic mass is 10.1. The van der Waals surface area contributed by atoms with Gasteiger partial charge in [0.15, 0.2) is 0 Å². The van der Waals surface area contributed by atoms with E-state index in [2.05, 4.69) is 27.0 Å². The zero-order chi connectivity index (χ0) is 10.8. The molecule has 2 aromatic rings. The second-order valence-electron chi connectivity index (χ2n) is 3.08. The van der Waals surface area contributed by atoms with Crippen molar-refractivity contribution >= 4 is 21.7 Å². The minimum Gasteiger partial charge on any atom is -0.384 e. The molecule has 0 saturated carbocycles. The van der Waals surface area contributed by atoms with Crippen LogP contribution in [0.2, 0.25) is 0 Å². The Morgan fingerprint density at radius 2 is 2.00 bits per heavy atom. The second kappa shape index (κ2) is 3.79. The van der Waals surface area contributed by atoms with E-state index in [1.54, 1.807) is 6.20 Å². The Bertz CT molecular complexity index is 537. The molecule has 1 heterocycles. The molecular weight excluding hydrogens is 254 g/mol. The number of rotatable bonds is 1. The largest absolute Gasteiger partial charge is 0.384 e. The van der Waals surface area contributed by atoms with Crippen LogP contribution in [-0.4, -0.2) is 4.98 Å². The number of hydrogen-bond acceptors (Lipinski definition) is 2. The fourth-order valence-corrected chi connectivity index (χ4v) is 1.95. The van der Waals surface area contributed by atoms with Crippen LogP contribution in [-0.2, 0) is 0 Å². The van der Waals surface area contributed by atoms with Gasteiger partial charge in [-0.25, -0.2) is 0 Å². The van der Waals surface area contributed by atoms with Gasteiger partial charge in [0, 0.05) is 16.2 Å². The highest BCUT2D eigenvalue weighted by atomic mass is 79.9. The van der Waals surface area contributed by atoms with Crippen molar-refractivity contribution in [2.75, 3.05) is 5.73 Å². The van der Waals surface area contributed by atoms with Gasteiger partial charge in [-0.05, 0) is 11.6 Å². The van der Waals surface area contributed by atoms with E-state index in [0.717, 1.165) is 15.6 Å². The number of nitrogens with one attached hydrogen (secondary N) is 1. The molecule has 1 aromatic heterocycles. The van der Waals surface area contributed by atoms with Gasteiger partial charge in [0.05, 0.1) is 0 Å². The smallest absolute Gasteiger partial charge is 0.119 e. The van der Waals surface area contributed by atoms with Crippen LogP contribution >= 0.6 is 15.9 Å². The molecule has 0 aliphatic heterocycles. The van der Waals surface area contributed by atoms with Gasteiger partial charge < -0.3 is 10.7 Å². The summed E-state index contributed by atoms with van der Waals surface area (Å²) in [6, 6.07) is 9.81.